The molecule has 0 aromatic heterocycles. The van der Waals surface area contributed by atoms with Crippen LogP contribution in [0.2, 0.25) is 0 Å². The minimum Gasteiger partial charge on any atom is -0.349 e. The van der Waals surface area contributed by atoms with Gasteiger partial charge in [0.2, 0.25) is 0 Å². The summed E-state index contributed by atoms with van der Waals surface area (Å²) in [5.74, 6) is -0.184. The molecule has 1 fully saturated rings. The van der Waals surface area contributed by atoms with Gasteiger partial charge in [0.1, 0.15) is 0 Å². The molecule has 27 heavy (non-hydrogen) atoms. The van der Waals surface area contributed by atoms with Crippen molar-refractivity contribution in [3.63, 3.8) is 0 Å². The third-order valence-electron chi connectivity index (χ3n) is 4.99. The quantitative estimate of drug-likeness (QED) is 0.855. The molecule has 1 saturated heterocycles. The van der Waals surface area contributed by atoms with Crippen LogP contribution < -0.4 is 5.32 Å². The predicted molar refractivity (Wildman–Crippen MR) is 99.6 cm³/mol. The van der Waals surface area contributed by atoms with Crippen LogP contribution in [0.15, 0.2) is 42.5 Å². The van der Waals surface area contributed by atoms with Crippen LogP contribution in [0.5, 0.6) is 0 Å². The van der Waals surface area contributed by atoms with Crippen LogP contribution >= 0.6 is 0 Å². The molecule has 2 aromatic carbocycles. The van der Waals surface area contributed by atoms with Gasteiger partial charge >= 0.3 is 6.18 Å². The van der Waals surface area contributed by atoms with Crippen molar-refractivity contribution >= 4 is 5.91 Å². The van der Waals surface area contributed by atoms with E-state index in [-0.39, 0.29) is 17.5 Å². The van der Waals surface area contributed by atoms with Crippen molar-refractivity contribution in [1.29, 1.82) is 0 Å². The van der Waals surface area contributed by atoms with Gasteiger partial charge in [-0.05, 0) is 69.2 Å². The van der Waals surface area contributed by atoms with E-state index in [0.717, 1.165) is 32.0 Å². The van der Waals surface area contributed by atoms with Gasteiger partial charge in [-0.1, -0.05) is 29.8 Å². The zero-order valence-corrected chi connectivity index (χ0v) is 15.4. The average molecular weight is 376 g/mol. The molecule has 144 valence electrons. The number of halogens is 3. The molecule has 1 heterocycles. The second-order valence-electron chi connectivity index (χ2n) is 7.18. The molecule has 1 aliphatic rings. The molecular weight excluding hydrogens is 353 g/mol. The molecule has 1 aliphatic heterocycles. The SMILES string of the molecule is Cc1ccc(-c2ccc(C(=O)NC3CCN(C)CC3)cc2)c(C(F)(F)F)c1. The Kier molecular flexibility index (Phi) is 5.56. The number of nitrogens with zero attached hydrogens (tertiary/aromatic N) is 1. The summed E-state index contributed by atoms with van der Waals surface area (Å²) in [6.07, 6.45) is -2.62. The Morgan fingerprint density at radius 3 is 2.30 bits per heavy atom. The van der Waals surface area contributed by atoms with Gasteiger partial charge in [0.15, 0.2) is 0 Å². The average Bonchev–Trinajstić information content (AvgIpc) is 2.63. The number of hydrogen-bond donors (Lipinski definition) is 1. The van der Waals surface area contributed by atoms with E-state index in [4.69, 9.17) is 0 Å². The third-order valence-corrected chi connectivity index (χ3v) is 4.99. The van der Waals surface area contributed by atoms with Crippen molar-refractivity contribution in [2.45, 2.75) is 32.0 Å². The van der Waals surface area contributed by atoms with Gasteiger partial charge in [0.25, 0.3) is 5.91 Å². The lowest BCUT2D eigenvalue weighted by Crippen LogP contribution is -2.43. The summed E-state index contributed by atoms with van der Waals surface area (Å²) < 4.78 is 40.0. The lowest BCUT2D eigenvalue weighted by molar-refractivity contribution is -0.137. The minimum absolute atomic E-state index is 0.121. The maximum Gasteiger partial charge on any atom is 0.417 e. The van der Waals surface area contributed by atoms with Crippen LogP contribution in [0.4, 0.5) is 13.2 Å². The molecule has 6 heteroatoms. The number of piperidine rings is 1. The number of aryl methyl sites for hydroxylation is 1. The summed E-state index contributed by atoms with van der Waals surface area (Å²) in [5.41, 5.74) is 0.915. The fraction of sp³-hybridized carbons (Fsp3) is 0.381. The van der Waals surface area contributed by atoms with Gasteiger partial charge in [-0.15, -0.1) is 0 Å². The van der Waals surface area contributed by atoms with Crippen LogP contribution in [0.3, 0.4) is 0 Å². The van der Waals surface area contributed by atoms with Crippen LogP contribution in [-0.4, -0.2) is 37.0 Å². The van der Waals surface area contributed by atoms with Gasteiger partial charge in [-0.25, -0.2) is 0 Å². The van der Waals surface area contributed by atoms with Gasteiger partial charge < -0.3 is 10.2 Å². The smallest absolute Gasteiger partial charge is 0.349 e. The summed E-state index contributed by atoms with van der Waals surface area (Å²) in [6, 6.07) is 10.7. The number of hydrogen-bond acceptors (Lipinski definition) is 2. The first-order chi connectivity index (χ1) is 12.7. The number of alkyl halides is 3. The number of nitrogens with one attached hydrogen (secondary N) is 1. The number of carbonyl (C=O) groups is 1. The molecular formula is C21H23F3N2O. The van der Waals surface area contributed by atoms with Crippen molar-refractivity contribution in [3.05, 3.63) is 59.2 Å². The van der Waals surface area contributed by atoms with Crippen LogP contribution in [0.25, 0.3) is 11.1 Å². The van der Waals surface area contributed by atoms with E-state index in [2.05, 4.69) is 17.3 Å². The molecule has 1 N–H and O–H groups in total. The summed E-state index contributed by atoms with van der Waals surface area (Å²) in [5, 5.41) is 3.01. The summed E-state index contributed by atoms with van der Waals surface area (Å²) in [4.78, 5) is 14.6. The normalized spacial score (nSPS) is 16.3. The Hall–Kier alpha value is -2.34. The molecule has 0 aliphatic carbocycles. The molecule has 0 unspecified atom stereocenters. The van der Waals surface area contributed by atoms with E-state index >= 15 is 0 Å². The molecule has 0 bridgehead atoms. The van der Waals surface area contributed by atoms with Crippen LogP contribution in [0, 0.1) is 6.92 Å². The molecule has 0 saturated carbocycles. The van der Waals surface area contributed by atoms with E-state index in [1.54, 1.807) is 37.3 Å². The van der Waals surface area contributed by atoms with E-state index < -0.39 is 11.7 Å². The Bertz CT molecular complexity index is 807. The minimum atomic E-state index is -4.43. The Morgan fingerprint density at radius 1 is 1.07 bits per heavy atom. The molecule has 0 radical (unpaired) electrons. The zero-order chi connectivity index (χ0) is 19.6. The van der Waals surface area contributed by atoms with Gasteiger partial charge in [0, 0.05) is 11.6 Å². The van der Waals surface area contributed by atoms with Crippen molar-refractivity contribution in [2.75, 3.05) is 20.1 Å². The molecule has 1 amide bonds. The molecule has 2 aromatic rings. The Labute approximate surface area is 157 Å². The summed E-state index contributed by atoms with van der Waals surface area (Å²) >= 11 is 0. The largest absolute Gasteiger partial charge is 0.417 e. The molecule has 0 atom stereocenters. The second kappa shape index (κ2) is 7.72. The Morgan fingerprint density at radius 2 is 1.70 bits per heavy atom. The lowest BCUT2D eigenvalue weighted by Gasteiger charge is -2.29. The fourth-order valence-electron chi connectivity index (χ4n) is 3.37. The highest BCUT2D eigenvalue weighted by atomic mass is 19.4. The highest BCUT2D eigenvalue weighted by molar-refractivity contribution is 5.95. The highest BCUT2D eigenvalue weighted by Gasteiger charge is 2.33. The topological polar surface area (TPSA) is 32.3 Å². The van der Waals surface area contributed by atoms with Gasteiger partial charge in [0.05, 0.1) is 5.56 Å². The Balaban J connectivity index is 1.77. The fourth-order valence-corrected chi connectivity index (χ4v) is 3.37. The first kappa shape index (κ1) is 19.4. The number of benzene rings is 2. The van der Waals surface area contributed by atoms with Crippen LogP contribution in [-0.2, 0) is 6.18 Å². The number of likely N-dealkylation sites (tertiary alicyclic amines) is 1. The lowest BCUT2D eigenvalue weighted by atomic mass is 9.96. The summed E-state index contributed by atoms with van der Waals surface area (Å²) in [6.45, 7) is 3.52. The molecule has 3 rings (SSSR count). The van der Waals surface area contributed by atoms with Crippen molar-refractivity contribution in [1.82, 2.24) is 10.2 Å². The third kappa shape index (κ3) is 4.69. The zero-order valence-electron chi connectivity index (χ0n) is 15.4. The monoisotopic (exact) mass is 376 g/mol. The van der Waals surface area contributed by atoms with Crippen molar-refractivity contribution in [3.8, 4) is 11.1 Å². The second-order valence-corrected chi connectivity index (χ2v) is 7.18. The van der Waals surface area contributed by atoms with Gasteiger partial charge in [-0.3, -0.25) is 4.79 Å². The first-order valence-electron chi connectivity index (χ1n) is 9.02. The predicted octanol–water partition coefficient (Wildman–Crippen LogP) is 4.50. The first-order valence-corrected chi connectivity index (χ1v) is 9.02. The van der Waals surface area contributed by atoms with E-state index in [9.17, 15) is 18.0 Å². The molecule has 3 nitrogen and oxygen atoms in total. The maximum atomic E-state index is 13.3. The van der Waals surface area contributed by atoms with Crippen molar-refractivity contribution < 1.29 is 18.0 Å². The van der Waals surface area contributed by atoms with Crippen LogP contribution in [0.1, 0.15) is 34.3 Å². The van der Waals surface area contributed by atoms with Gasteiger partial charge in [-0.2, -0.15) is 13.2 Å². The summed E-state index contributed by atoms with van der Waals surface area (Å²) in [7, 11) is 2.05. The maximum absolute atomic E-state index is 13.3. The molecule has 0 spiro atoms. The van der Waals surface area contributed by atoms with E-state index in [1.165, 1.54) is 6.07 Å². The number of amides is 1. The van der Waals surface area contributed by atoms with Crippen molar-refractivity contribution in [2.24, 2.45) is 0 Å². The highest BCUT2D eigenvalue weighted by Crippen LogP contribution is 2.37. The van der Waals surface area contributed by atoms with E-state index in [0.29, 0.717) is 16.7 Å². The number of carbonyl (C=O) groups excluding carboxylic acids is 1. The number of rotatable bonds is 3. The van der Waals surface area contributed by atoms with E-state index in [1.807, 2.05) is 0 Å². The standard InChI is InChI=1S/C21H23F3N2O/c1-14-3-8-18(19(13-14)21(22,23)24)15-4-6-16(7-5-15)20(27)25-17-9-11-26(2)12-10-17/h3-8,13,17H,9-12H2,1-2H3,(H,25,27).